The van der Waals surface area contributed by atoms with Crippen LogP contribution in [-0.4, -0.2) is 19.0 Å². The number of amides is 1. The molecule has 0 aliphatic carbocycles. The van der Waals surface area contributed by atoms with Gasteiger partial charge in [0, 0.05) is 47.0 Å². The number of anilines is 1. The number of benzene rings is 1. The Balaban J connectivity index is 0.00000225. The van der Waals surface area contributed by atoms with Crippen molar-refractivity contribution in [2.75, 3.05) is 12.4 Å². The van der Waals surface area contributed by atoms with Gasteiger partial charge in [-0.15, -0.1) is 0 Å². The fourth-order valence-corrected chi connectivity index (χ4v) is 1.36. The summed E-state index contributed by atoms with van der Waals surface area (Å²) in [6.45, 7) is 5.75. The van der Waals surface area contributed by atoms with Crippen LogP contribution in [0, 0.1) is 55.1 Å². The predicted molar refractivity (Wildman–Crippen MR) is 63.3 cm³/mol. The Morgan fingerprint density at radius 1 is 1.31 bits per heavy atom. The number of nitrogens with zero attached hydrogens (tertiary/aromatic N) is 1. The Hall–Kier alpha value is 0.0136. The van der Waals surface area contributed by atoms with E-state index in [1.54, 1.807) is 14.0 Å². The first-order valence-corrected chi connectivity index (χ1v) is 5.02. The summed E-state index contributed by atoms with van der Waals surface area (Å²) in [6.07, 6.45) is 0. The summed E-state index contributed by atoms with van der Waals surface area (Å²) < 4.78 is 0. The Morgan fingerprint density at radius 3 is 2.25 bits per heavy atom. The summed E-state index contributed by atoms with van der Waals surface area (Å²) >= 11 is 0. The van der Waals surface area contributed by atoms with Crippen LogP contribution in [0.15, 0.2) is 18.2 Å². The molecule has 3 nitrogen and oxygen atoms in total. The summed E-state index contributed by atoms with van der Waals surface area (Å²) in [5.74, 6) is -0.0603. The number of hydrogen-bond acceptors (Lipinski definition) is 1. The van der Waals surface area contributed by atoms with Crippen molar-refractivity contribution in [1.29, 1.82) is 0 Å². The maximum Gasteiger partial charge on any atom is 0.206 e. The molecule has 0 saturated carbocycles. The van der Waals surface area contributed by atoms with Gasteiger partial charge in [0.15, 0.2) is 0 Å². The van der Waals surface area contributed by atoms with Crippen molar-refractivity contribution < 1.29 is 46.1 Å². The molecular formula is C12H17N2OPr-. The van der Waals surface area contributed by atoms with Gasteiger partial charge in [-0.3, -0.25) is 4.79 Å². The normalized spacial score (nSPS) is 11.5. The quantitative estimate of drug-likeness (QED) is 0.899. The third-order valence-electron chi connectivity index (χ3n) is 2.50. The van der Waals surface area contributed by atoms with Gasteiger partial charge in [0.2, 0.25) is 5.91 Å². The molecule has 0 aromatic heterocycles. The predicted octanol–water partition coefficient (Wildman–Crippen LogP) is 2.63. The van der Waals surface area contributed by atoms with Gasteiger partial charge in [0.25, 0.3) is 0 Å². The zero-order chi connectivity index (χ0) is 11.4. The van der Waals surface area contributed by atoms with Gasteiger partial charge in [0.1, 0.15) is 0 Å². The van der Waals surface area contributed by atoms with Crippen LogP contribution in [0.25, 0.3) is 5.32 Å². The third kappa shape index (κ3) is 4.12. The van der Waals surface area contributed by atoms with Crippen molar-refractivity contribution in [2.45, 2.75) is 26.8 Å². The van der Waals surface area contributed by atoms with E-state index < -0.39 is 0 Å². The second-order valence-corrected chi connectivity index (χ2v) is 3.69. The topological polar surface area (TPSA) is 43.2 Å². The second-order valence-electron chi connectivity index (χ2n) is 3.69. The third-order valence-corrected chi connectivity index (χ3v) is 2.50. The molecule has 1 aromatic rings. The average molecular weight is 346 g/mol. The molecule has 0 spiro atoms. The molecular weight excluding hydrogens is 329 g/mol. The van der Waals surface area contributed by atoms with Crippen molar-refractivity contribution in [3.05, 3.63) is 34.6 Å². The van der Waals surface area contributed by atoms with Crippen molar-refractivity contribution in [1.82, 2.24) is 0 Å². The van der Waals surface area contributed by atoms with Crippen LogP contribution >= 0.6 is 0 Å². The molecule has 0 aliphatic heterocycles. The molecule has 85 valence electrons. The Morgan fingerprint density at radius 2 is 1.81 bits per heavy atom. The van der Waals surface area contributed by atoms with Gasteiger partial charge >= 0.3 is 0 Å². The zero-order valence-electron chi connectivity index (χ0n) is 10.2. The first-order chi connectivity index (χ1) is 7.06. The van der Waals surface area contributed by atoms with Gasteiger partial charge in [-0.1, -0.05) is 31.2 Å². The van der Waals surface area contributed by atoms with E-state index in [2.05, 4.69) is 10.6 Å². The number of carbonyl (C=O) groups is 1. The molecule has 1 rings (SSSR count). The largest absolute Gasteiger partial charge is 0.655 e. The van der Waals surface area contributed by atoms with Crippen molar-refractivity contribution in [3.8, 4) is 0 Å². The second kappa shape index (κ2) is 7.36. The van der Waals surface area contributed by atoms with Crippen LogP contribution < -0.4 is 5.32 Å². The molecule has 1 amide bonds. The van der Waals surface area contributed by atoms with Crippen molar-refractivity contribution in [3.63, 3.8) is 0 Å². The van der Waals surface area contributed by atoms with Crippen molar-refractivity contribution >= 4 is 11.6 Å². The van der Waals surface area contributed by atoms with Crippen LogP contribution in [0.1, 0.15) is 18.1 Å². The maximum atomic E-state index is 11.6. The van der Waals surface area contributed by atoms with E-state index in [4.69, 9.17) is 0 Å². The van der Waals surface area contributed by atoms with Crippen LogP contribution in [-0.2, 0) is 4.79 Å². The Bertz CT molecular complexity index is 346. The van der Waals surface area contributed by atoms with E-state index in [-0.39, 0.29) is 53.2 Å². The van der Waals surface area contributed by atoms with Crippen LogP contribution in [0.4, 0.5) is 5.69 Å². The van der Waals surface area contributed by atoms with Crippen molar-refractivity contribution in [2.24, 2.45) is 0 Å². The summed E-state index contributed by atoms with van der Waals surface area (Å²) in [7, 11) is 1.65. The number of para-hydroxylation sites is 1. The standard InChI is InChI=1S/C12H17N2O.Pr/c1-8-6-5-7-9(2)11(8)14-12(15)10(3)13-4;/h5-7,10H,1-4H3,(H,14,15);/q-1;. The molecule has 1 N–H and O–H groups in total. The number of nitrogens with one attached hydrogen (secondary N) is 1. The number of aryl methyl sites for hydroxylation is 2. The van der Waals surface area contributed by atoms with Crippen LogP contribution in [0.3, 0.4) is 0 Å². The Labute approximate surface area is 130 Å². The molecule has 1 radical (unpaired) electrons. The van der Waals surface area contributed by atoms with E-state index in [1.165, 1.54) is 0 Å². The fourth-order valence-electron chi connectivity index (χ4n) is 1.36. The van der Waals surface area contributed by atoms with E-state index in [0.29, 0.717) is 0 Å². The summed E-state index contributed by atoms with van der Waals surface area (Å²) in [4.78, 5) is 11.6. The van der Waals surface area contributed by atoms with E-state index in [9.17, 15) is 4.79 Å². The number of carbonyl (C=O) groups excluding carboxylic acids is 1. The molecule has 1 atom stereocenters. The minimum absolute atomic E-state index is 0. The van der Waals surface area contributed by atoms with E-state index >= 15 is 0 Å². The zero-order valence-corrected chi connectivity index (χ0v) is 13.9. The monoisotopic (exact) mass is 346 g/mol. The van der Waals surface area contributed by atoms with Gasteiger partial charge in [-0.25, -0.2) is 0 Å². The summed E-state index contributed by atoms with van der Waals surface area (Å²) in [6, 6.07) is 5.64. The number of likely N-dealkylation sites (N-methyl/N-ethyl adjacent to an activating group) is 1. The number of rotatable bonds is 3. The van der Waals surface area contributed by atoms with Gasteiger partial charge in [-0.2, -0.15) is 7.05 Å². The van der Waals surface area contributed by atoms with Crippen LogP contribution in [0.5, 0.6) is 0 Å². The molecule has 4 heteroatoms. The van der Waals surface area contributed by atoms with E-state index in [1.807, 2.05) is 32.0 Å². The minimum Gasteiger partial charge on any atom is -0.655 e. The molecule has 0 heterocycles. The van der Waals surface area contributed by atoms with Gasteiger partial charge in [-0.05, 0) is 25.0 Å². The summed E-state index contributed by atoms with van der Waals surface area (Å²) in [5.41, 5.74) is 3.05. The smallest absolute Gasteiger partial charge is 0.206 e. The maximum absolute atomic E-state index is 11.6. The Kier molecular flexibility index (Phi) is 7.37. The molecule has 1 unspecified atom stereocenters. The first kappa shape index (κ1) is 16.0. The molecule has 16 heavy (non-hydrogen) atoms. The van der Waals surface area contributed by atoms with Gasteiger partial charge in [0.05, 0.1) is 0 Å². The SMILES string of the molecule is C[N-]C(C)C(=O)Nc1c(C)cccc1C.[Pr]. The molecule has 0 saturated heterocycles. The minimum atomic E-state index is -0.302. The summed E-state index contributed by atoms with van der Waals surface area (Å²) in [5, 5.41) is 6.83. The molecule has 0 aliphatic rings. The number of hydrogen-bond donors (Lipinski definition) is 1. The average Bonchev–Trinajstić information content (AvgIpc) is 2.22. The molecule has 1 aromatic carbocycles. The molecule has 0 bridgehead atoms. The van der Waals surface area contributed by atoms with Crippen LogP contribution in [0.2, 0.25) is 0 Å². The van der Waals surface area contributed by atoms with E-state index in [0.717, 1.165) is 16.8 Å². The van der Waals surface area contributed by atoms with Gasteiger partial charge < -0.3 is 10.6 Å². The fraction of sp³-hybridized carbons (Fsp3) is 0.417. The molecule has 0 fully saturated rings. The first-order valence-electron chi connectivity index (χ1n) is 5.02.